The van der Waals surface area contributed by atoms with Crippen LogP contribution < -0.4 is 10.6 Å². The van der Waals surface area contributed by atoms with E-state index in [-0.39, 0.29) is 24.3 Å². The van der Waals surface area contributed by atoms with Crippen LogP contribution in [0.25, 0.3) is 0 Å². The summed E-state index contributed by atoms with van der Waals surface area (Å²) < 4.78 is 0. The predicted molar refractivity (Wildman–Crippen MR) is 128 cm³/mol. The van der Waals surface area contributed by atoms with Gasteiger partial charge in [-0.05, 0) is 44.3 Å². The van der Waals surface area contributed by atoms with Crippen LogP contribution in [0.5, 0.6) is 0 Å². The molecule has 0 unspecified atom stereocenters. The van der Waals surface area contributed by atoms with Crippen molar-refractivity contribution in [2.75, 3.05) is 20.6 Å². The maximum Gasteiger partial charge on any atom is 0.251 e. The minimum Gasteiger partial charge on any atom is -0.354 e. The fourth-order valence-corrected chi connectivity index (χ4v) is 3.62. The van der Waals surface area contributed by atoms with Gasteiger partial charge >= 0.3 is 0 Å². The van der Waals surface area contributed by atoms with Gasteiger partial charge < -0.3 is 15.5 Å². The largest absolute Gasteiger partial charge is 0.354 e. The Morgan fingerprint density at radius 1 is 0.812 bits per heavy atom. The average molecular weight is 430 g/mol. The average Bonchev–Trinajstić information content (AvgIpc) is 2.81. The van der Waals surface area contributed by atoms with Gasteiger partial charge in [0.1, 0.15) is 0 Å². The molecule has 2 N–H and O–H groups in total. The molecule has 0 saturated carbocycles. The van der Waals surface area contributed by atoms with Gasteiger partial charge in [0.2, 0.25) is 5.91 Å². The first-order chi connectivity index (χ1) is 15.4. The molecule has 32 heavy (non-hydrogen) atoms. The van der Waals surface area contributed by atoms with Crippen LogP contribution in [0.15, 0.2) is 84.9 Å². The standard InChI is InChI=1S/C27H31N3O2/c1-20-14-16-22(17-15-20)25(30(2)3)19-28-26(31)18-24(21-10-6-4-7-11-21)29-27(32)23-12-8-5-9-13-23/h4-17,24-25H,18-19H2,1-3H3,(H,28,31)(H,29,32)/t24-,25-/m1/s1. The molecule has 0 saturated heterocycles. The van der Waals surface area contributed by atoms with Gasteiger partial charge in [0.25, 0.3) is 5.91 Å². The lowest BCUT2D eigenvalue weighted by Crippen LogP contribution is -2.37. The van der Waals surface area contributed by atoms with E-state index in [1.807, 2.05) is 62.6 Å². The fourth-order valence-electron chi connectivity index (χ4n) is 3.62. The minimum absolute atomic E-state index is 0.0636. The molecular formula is C27H31N3O2. The monoisotopic (exact) mass is 429 g/mol. The number of carbonyl (C=O) groups excluding carboxylic acids is 2. The van der Waals surface area contributed by atoms with Crippen molar-refractivity contribution in [3.63, 3.8) is 0 Å². The van der Waals surface area contributed by atoms with Gasteiger partial charge in [-0.1, -0.05) is 78.4 Å². The van der Waals surface area contributed by atoms with Crippen molar-refractivity contribution < 1.29 is 9.59 Å². The molecule has 0 bridgehead atoms. The molecule has 166 valence electrons. The Morgan fingerprint density at radius 3 is 2.00 bits per heavy atom. The van der Waals surface area contributed by atoms with Crippen molar-refractivity contribution in [3.05, 3.63) is 107 Å². The molecule has 3 aromatic carbocycles. The van der Waals surface area contributed by atoms with E-state index in [0.29, 0.717) is 12.1 Å². The van der Waals surface area contributed by atoms with E-state index in [0.717, 1.165) is 11.1 Å². The number of hydrogen-bond donors (Lipinski definition) is 2. The van der Waals surface area contributed by atoms with Crippen molar-refractivity contribution in [2.45, 2.75) is 25.4 Å². The summed E-state index contributed by atoms with van der Waals surface area (Å²) >= 11 is 0. The van der Waals surface area contributed by atoms with Crippen LogP contribution in [0.3, 0.4) is 0 Å². The zero-order chi connectivity index (χ0) is 22.9. The Hall–Kier alpha value is -3.44. The molecule has 0 heterocycles. The van der Waals surface area contributed by atoms with E-state index < -0.39 is 6.04 Å². The Labute approximate surface area is 190 Å². The lowest BCUT2D eigenvalue weighted by Gasteiger charge is -2.26. The van der Waals surface area contributed by atoms with E-state index in [9.17, 15) is 9.59 Å². The van der Waals surface area contributed by atoms with E-state index >= 15 is 0 Å². The molecule has 2 atom stereocenters. The molecule has 3 rings (SSSR count). The number of rotatable bonds is 9. The first kappa shape index (κ1) is 23.2. The van der Waals surface area contributed by atoms with Crippen LogP contribution in [0, 0.1) is 6.92 Å². The second kappa shape index (κ2) is 11.3. The highest BCUT2D eigenvalue weighted by Gasteiger charge is 2.21. The second-order valence-corrected chi connectivity index (χ2v) is 8.20. The molecule has 0 fully saturated rings. The Bertz CT molecular complexity index is 1000. The van der Waals surface area contributed by atoms with Crippen molar-refractivity contribution in [2.24, 2.45) is 0 Å². The van der Waals surface area contributed by atoms with Gasteiger partial charge in [0.05, 0.1) is 18.5 Å². The third-order valence-corrected chi connectivity index (χ3v) is 5.51. The highest BCUT2D eigenvalue weighted by molar-refractivity contribution is 5.94. The molecule has 3 aromatic rings. The Balaban J connectivity index is 1.67. The fraction of sp³-hybridized carbons (Fsp3) is 0.259. The Morgan fingerprint density at radius 2 is 1.41 bits per heavy atom. The summed E-state index contributed by atoms with van der Waals surface area (Å²) in [6.07, 6.45) is 0.163. The molecule has 0 aliphatic heterocycles. The van der Waals surface area contributed by atoms with Crippen LogP contribution in [-0.4, -0.2) is 37.4 Å². The first-order valence-electron chi connectivity index (χ1n) is 10.8. The number of carbonyl (C=O) groups is 2. The third kappa shape index (κ3) is 6.53. The second-order valence-electron chi connectivity index (χ2n) is 8.20. The van der Waals surface area contributed by atoms with Crippen molar-refractivity contribution in [1.82, 2.24) is 15.5 Å². The summed E-state index contributed by atoms with van der Waals surface area (Å²) in [4.78, 5) is 27.7. The van der Waals surface area contributed by atoms with Crippen LogP contribution >= 0.6 is 0 Å². The smallest absolute Gasteiger partial charge is 0.251 e. The van der Waals surface area contributed by atoms with Gasteiger partial charge in [-0.25, -0.2) is 0 Å². The zero-order valence-corrected chi connectivity index (χ0v) is 18.9. The SMILES string of the molecule is Cc1ccc([C@@H](CNC(=O)C[C@@H](NC(=O)c2ccccc2)c2ccccc2)N(C)C)cc1. The van der Waals surface area contributed by atoms with Crippen molar-refractivity contribution in [1.29, 1.82) is 0 Å². The molecule has 0 aliphatic rings. The van der Waals surface area contributed by atoms with Crippen LogP contribution in [0.2, 0.25) is 0 Å². The van der Waals surface area contributed by atoms with E-state index in [4.69, 9.17) is 0 Å². The quantitative estimate of drug-likeness (QED) is 0.534. The molecular weight excluding hydrogens is 398 g/mol. The molecule has 0 aliphatic carbocycles. The first-order valence-corrected chi connectivity index (χ1v) is 10.8. The number of amides is 2. The van der Waals surface area contributed by atoms with Gasteiger partial charge in [0.15, 0.2) is 0 Å². The van der Waals surface area contributed by atoms with Gasteiger partial charge in [-0.15, -0.1) is 0 Å². The van der Waals surface area contributed by atoms with E-state index in [1.54, 1.807) is 12.1 Å². The van der Waals surface area contributed by atoms with Crippen molar-refractivity contribution >= 4 is 11.8 Å². The maximum atomic E-state index is 12.9. The highest BCUT2D eigenvalue weighted by Crippen LogP contribution is 2.20. The predicted octanol–water partition coefficient (Wildman–Crippen LogP) is 4.28. The van der Waals surface area contributed by atoms with Gasteiger partial charge in [0, 0.05) is 12.1 Å². The van der Waals surface area contributed by atoms with Crippen LogP contribution in [0.1, 0.15) is 45.6 Å². The summed E-state index contributed by atoms with van der Waals surface area (Å²) in [6, 6.07) is 26.7. The third-order valence-electron chi connectivity index (χ3n) is 5.51. The van der Waals surface area contributed by atoms with Crippen molar-refractivity contribution in [3.8, 4) is 0 Å². The van der Waals surface area contributed by atoms with E-state index in [1.165, 1.54) is 5.56 Å². The summed E-state index contributed by atoms with van der Waals surface area (Å²) in [5.74, 6) is -0.302. The Kier molecular flexibility index (Phi) is 8.17. The van der Waals surface area contributed by atoms with E-state index in [2.05, 4.69) is 46.7 Å². The van der Waals surface area contributed by atoms with Crippen LogP contribution in [-0.2, 0) is 4.79 Å². The normalized spacial score (nSPS) is 12.8. The summed E-state index contributed by atoms with van der Waals surface area (Å²) in [5, 5.41) is 6.08. The molecule has 5 heteroatoms. The van der Waals surface area contributed by atoms with Gasteiger partial charge in [-0.2, -0.15) is 0 Å². The molecule has 2 amide bonds. The lowest BCUT2D eigenvalue weighted by molar-refractivity contribution is -0.121. The molecule has 0 aromatic heterocycles. The van der Waals surface area contributed by atoms with Gasteiger partial charge in [-0.3, -0.25) is 9.59 Å². The number of nitrogens with zero attached hydrogens (tertiary/aromatic N) is 1. The topological polar surface area (TPSA) is 61.4 Å². The number of benzene rings is 3. The minimum atomic E-state index is -0.416. The van der Waals surface area contributed by atoms with Crippen LogP contribution in [0.4, 0.5) is 0 Å². The number of nitrogens with one attached hydrogen (secondary N) is 2. The summed E-state index contributed by atoms with van der Waals surface area (Å²) in [7, 11) is 4.01. The summed E-state index contributed by atoms with van der Waals surface area (Å²) in [5.41, 5.74) is 3.82. The molecule has 0 spiro atoms. The molecule has 0 radical (unpaired) electrons. The number of aryl methyl sites for hydroxylation is 1. The molecule has 5 nitrogen and oxygen atoms in total. The number of likely N-dealkylation sites (N-methyl/N-ethyl adjacent to an activating group) is 1. The summed E-state index contributed by atoms with van der Waals surface area (Å²) in [6.45, 7) is 2.55. The lowest BCUT2D eigenvalue weighted by atomic mass is 10.0. The maximum absolute atomic E-state index is 12.9. The zero-order valence-electron chi connectivity index (χ0n) is 18.9. The number of hydrogen-bond acceptors (Lipinski definition) is 3. The highest BCUT2D eigenvalue weighted by atomic mass is 16.2.